The third-order valence-corrected chi connectivity index (χ3v) is 4.04. The van der Waals surface area contributed by atoms with Crippen molar-refractivity contribution in [3.8, 4) is 5.69 Å². The van der Waals surface area contributed by atoms with E-state index >= 15 is 0 Å². The van der Waals surface area contributed by atoms with Crippen molar-refractivity contribution in [1.82, 2.24) is 20.1 Å². The molecular weight excluding hydrogens is 339 g/mol. The number of halogens is 1. The maximum atomic E-state index is 14.1. The molecule has 1 aromatic heterocycles. The van der Waals surface area contributed by atoms with Crippen LogP contribution in [0.3, 0.4) is 0 Å². The summed E-state index contributed by atoms with van der Waals surface area (Å²) in [5.74, 6) is -2.24. The fourth-order valence-electron chi connectivity index (χ4n) is 2.62. The van der Waals surface area contributed by atoms with E-state index in [0.717, 1.165) is 0 Å². The van der Waals surface area contributed by atoms with Crippen molar-refractivity contribution in [3.05, 3.63) is 41.7 Å². The van der Waals surface area contributed by atoms with Gasteiger partial charge >= 0.3 is 5.97 Å². The van der Waals surface area contributed by atoms with Gasteiger partial charge in [-0.1, -0.05) is 39.3 Å². The van der Waals surface area contributed by atoms with Crippen LogP contribution in [0.2, 0.25) is 0 Å². The lowest BCUT2D eigenvalue weighted by molar-refractivity contribution is -0.144. The van der Waals surface area contributed by atoms with Crippen LogP contribution in [0.5, 0.6) is 0 Å². The van der Waals surface area contributed by atoms with Gasteiger partial charge in [-0.05, 0) is 25.5 Å². The predicted molar refractivity (Wildman–Crippen MR) is 93.8 cm³/mol. The Morgan fingerprint density at radius 3 is 2.54 bits per heavy atom. The van der Waals surface area contributed by atoms with Crippen molar-refractivity contribution in [2.45, 2.75) is 52.0 Å². The Morgan fingerprint density at radius 2 is 2.00 bits per heavy atom. The summed E-state index contributed by atoms with van der Waals surface area (Å²) in [5.41, 5.74) is -1.25. The van der Waals surface area contributed by atoms with E-state index in [-0.39, 0.29) is 23.9 Å². The standard InChI is InChI=1S/C18H23FN4O3/c1-5-10-18(4,17(25)26)21-16(24)14-20-15(11(2)3)23(22-14)13-9-7-6-8-12(13)19/h6-9,11H,5,10H2,1-4H3,(H,21,24)(H,25,26). The molecule has 2 N–H and O–H groups in total. The second kappa shape index (κ2) is 7.63. The Hall–Kier alpha value is -2.77. The zero-order valence-electron chi connectivity index (χ0n) is 15.3. The molecule has 26 heavy (non-hydrogen) atoms. The summed E-state index contributed by atoms with van der Waals surface area (Å²) in [6.07, 6.45) is 0.844. The molecule has 0 radical (unpaired) electrons. The SMILES string of the molecule is CCCC(C)(NC(=O)c1nc(C(C)C)n(-c2ccccc2F)n1)C(=O)O. The molecule has 2 aromatic rings. The maximum Gasteiger partial charge on any atom is 0.329 e. The number of carboxylic acid groups (broad SMARTS) is 1. The molecule has 1 unspecified atom stereocenters. The Morgan fingerprint density at radius 1 is 1.35 bits per heavy atom. The van der Waals surface area contributed by atoms with Gasteiger partial charge in [-0.15, -0.1) is 5.10 Å². The Bertz CT molecular complexity index is 819. The van der Waals surface area contributed by atoms with Crippen LogP contribution in [0.4, 0.5) is 4.39 Å². The van der Waals surface area contributed by atoms with Gasteiger partial charge in [-0.3, -0.25) is 4.79 Å². The molecule has 0 saturated carbocycles. The first-order valence-electron chi connectivity index (χ1n) is 8.47. The largest absolute Gasteiger partial charge is 0.480 e. The highest BCUT2D eigenvalue weighted by atomic mass is 19.1. The van der Waals surface area contributed by atoms with Crippen LogP contribution in [0, 0.1) is 5.82 Å². The highest BCUT2D eigenvalue weighted by Gasteiger charge is 2.35. The van der Waals surface area contributed by atoms with Gasteiger partial charge in [-0.25, -0.2) is 18.9 Å². The number of amides is 1. The van der Waals surface area contributed by atoms with Gasteiger partial charge in [0.15, 0.2) is 0 Å². The number of nitrogens with one attached hydrogen (secondary N) is 1. The van der Waals surface area contributed by atoms with E-state index in [1.54, 1.807) is 12.1 Å². The lowest BCUT2D eigenvalue weighted by Gasteiger charge is -2.24. The molecule has 7 nitrogen and oxygen atoms in total. The lowest BCUT2D eigenvalue weighted by Crippen LogP contribution is -2.52. The van der Waals surface area contributed by atoms with E-state index in [0.29, 0.717) is 12.2 Å². The van der Waals surface area contributed by atoms with Gasteiger partial charge < -0.3 is 10.4 Å². The number of nitrogens with zero attached hydrogens (tertiary/aromatic N) is 3. The minimum atomic E-state index is -1.42. The summed E-state index contributed by atoms with van der Waals surface area (Å²) in [6, 6.07) is 6.05. The van der Waals surface area contributed by atoms with E-state index < -0.39 is 23.2 Å². The maximum absolute atomic E-state index is 14.1. The lowest BCUT2D eigenvalue weighted by atomic mass is 9.96. The first-order valence-corrected chi connectivity index (χ1v) is 8.47. The third-order valence-electron chi connectivity index (χ3n) is 4.04. The molecule has 1 heterocycles. The van der Waals surface area contributed by atoms with Crippen LogP contribution in [0.1, 0.15) is 62.9 Å². The molecule has 1 amide bonds. The first-order chi connectivity index (χ1) is 12.2. The number of hydrogen-bond donors (Lipinski definition) is 2. The van der Waals surface area contributed by atoms with E-state index in [9.17, 15) is 19.1 Å². The van der Waals surface area contributed by atoms with Gasteiger partial charge in [0.1, 0.15) is 22.9 Å². The summed E-state index contributed by atoms with van der Waals surface area (Å²) in [5, 5.41) is 16.0. The van der Waals surface area contributed by atoms with Crippen molar-refractivity contribution in [3.63, 3.8) is 0 Å². The van der Waals surface area contributed by atoms with E-state index in [2.05, 4.69) is 15.4 Å². The zero-order valence-corrected chi connectivity index (χ0v) is 15.3. The molecule has 0 saturated heterocycles. The second-order valence-corrected chi connectivity index (χ2v) is 6.65. The van der Waals surface area contributed by atoms with Crippen molar-refractivity contribution >= 4 is 11.9 Å². The number of aliphatic carboxylic acids is 1. The number of carboxylic acids is 1. The van der Waals surface area contributed by atoms with Gasteiger partial charge in [0, 0.05) is 5.92 Å². The van der Waals surface area contributed by atoms with Crippen molar-refractivity contribution in [2.75, 3.05) is 0 Å². The van der Waals surface area contributed by atoms with E-state index in [1.165, 1.54) is 23.7 Å². The molecule has 0 aliphatic rings. The monoisotopic (exact) mass is 362 g/mol. The van der Waals surface area contributed by atoms with Crippen molar-refractivity contribution in [2.24, 2.45) is 0 Å². The first kappa shape index (κ1) is 19.6. The molecule has 1 atom stereocenters. The van der Waals surface area contributed by atoms with Gasteiger partial charge in [0.2, 0.25) is 5.82 Å². The van der Waals surface area contributed by atoms with E-state index in [1.807, 2.05) is 20.8 Å². The summed E-state index contributed by atoms with van der Waals surface area (Å²) in [6.45, 7) is 6.96. The average molecular weight is 362 g/mol. The number of para-hydroxylation sites is 1. The number of benzene rings is 1. The normalized spacial score (nSPS) is 13.5. The smallest absolute Gasteiger partial charge is 0.329 e. The van der Waals surface area contributed by atoms with Crippen LogP contribution in [-0.2, 0) is 4.79 Å². The molecule has 1 aromatic carbocycles. The van der Waals surface area contributed by atoms with Gasteiger partial charge in [0.25, 0.3) is 5.91 Å². The average Bonchev–Trinajstić information content (AvgIpc) is 3.00. The molecule has 0 fully saturated rings. The molecule has 8 heteroatoms. The number of hydrogen-bond acceptors (Lipinski definition) is 4. The Balaban J connectivity index is 2.42. The van der Waals surface area contributed by atoms with Gasteiger partial charge in [-0.2, -0.15) is 0 Å². The predicted octanol–water partition coefficient (Wildman–Crippen LogP) is 2.90. The Labute approximate surface area is 151 Å². The quantitative estimate of drug-likeness (QED) is 0.789. The van der Waals surface area contributed by atoms with Crippen LogP contribution >= 0.6 is 0 Å². The molecule has 140 valence electrons. The molecule has 0 bridgehead atoms. The second-order valence-electron chi connectivity index (χ2n) is 6.65. The minimum Gasteiger partial charge on any atom is -0.480 e. The molecule has 2 rings (SSSR count). The summed E-state index contributed by atoms with van der Waals surface area (Å²) < 4.78 is 15.4. The molecule has 0 spiro atoms. The van der Waals surface area contributed by atoms with Crippen LogP contribution < -0.4 is 5.32 Å². The topological polar surface area (TPSA) is 97.1 Å². The molecule has 0 aliphatic carbocycles. The minimum absolute atomic E-state index is 0.120. The van der Waals surface area contributed by atoms with Crippen LogP contribution in [0.15, 0.2) is 24.3 Å². The highest BCUT2D eigenvalue weighted by Crippen LogP contribution is 2.20. The summed E-state index contributed by atoms with van der Waals surface area (Å²) >= 11 is 0. The van der Waals surface area contributed by atoms with Gasteiger partial charge in [0.05, 0.1) is 0 Å². The summed E-state index contributed by atoms with van der Waals surface area (Å²) in [7, 11) is 0. The zero-order chi connectivity index (χ0) is 19.5. The van der Waals surface area contributed by atoms with E-state index in [4.69, 9.17) is 0 Å². The fourth-order valence-corrected chi connectivity index (χ4v) is 2.62. The number of carbonyl (C=O) groups is 2. The molecule has 0 aliphatic heterocycles. The number of carbonyl (C=O) groups excluding carboxylic acids is 1. The van der Waals surface area contributed by atoms with Crippen LogP contribution in [-0.4, -0.2) is 37.3 Å². The summed E-state index contributed by atoms with van der Waals surface area (Å²) in [4.78, 5) is 28.3. The highest BCUT2D eigenvalue weighted by molar-refractivity contribution is 5.94. The Kier molecular flexibility index (Phi) is 5.74. The van der Waals surface area contributed by atoms with Crippen LogP contribution in [0.25, 0.3) is 5.69 Å². The number of rotatable bonds is 7. The fraction of sp³-hybridized carbons (Fsp3) is 0.444. The number of aromatic nitrogens is 3. The van der Waals surface area contributed by atoms with Crippen molar-refractivity contribution < 1.29 is 19.1 Å². The van der Waals surface area contributed by atoms with Crippen molar-refractivity contribution in [1.29, 1.82) is 0 Å². The molecular formula is C18H23FN4O3. The third kappa shape index (κ3) is 3.89.